The molecule has 94 valence electrons. The lowest BCUT2D eigenvalue weighted by Gasteiger charge is -2.08. The zero-order valence-corrected chi connectivity index (χ0v) is 10.8. The molecule has 5 heteroatoms. The zero-order chi connectivity index (χ0) is 12.5. The first-order valence-corrected chi connectivity index (χ1v) is 6.36. The van der Waals surface area contributed by atoms with Crippen LogP contribution in [0.4, 0.5) is 0 Å². The van der Waals surface area contributed by atoms with Crippen molar-refractivity contribution in [2.24, 2.45) is 7.05 Å². The summed E-state index contributed by atoms with van der Waals surface area (Å²) in [6.07, 6.45) is 5.81. The van der Waals surface area contributed by atoms with Gasteiger partial charge in [0.2, 0.25) is 0 Å². The normalized spacial score (nSPS) is 13.9. The summed E-state index contributed by atoms with van der Waals surface area (Å²) in [5.41, 5.74) is 3.59. The van der Waals surface area contributed by atoms with E-state index in [2.05, 4.69) is 22.2 Å². The summed E-state index contributed by atoms with van der Waals surface area (Å²) in [4.78, 5) is 13.7. The minimum Gasteiger partial charge on any atom is -0.331 e. The fourth-order valence-corrected chi connectivity index (χ4v) is 2.36. The number of hydrogen-bond donors (Lipinski definition) is 1. The first-order chi connectivity index (χ1) is 8.79. The summed E-state index contributed by atoms with van der Waals surface area (Å²) in [6.45, 7) is 3.91. The molecule has 0 atom stereocenters. The van der Waals surface area contributed by atoms with Gasteiger partial charge in [-0.15, -0.1) is 0 Å². The third-order valence-corrected chi connectivity index (χ3v) is 3.28. The second-order valence-electron chi connectivity index (χ2n) is 4.63. The maximum absolute atomic E-state index is 4.70. The monoisotopic (exact) mass is 243 g/mol. The van der Waals surface area contributed by atoms with Crippen LogP contribution in [0.3, 0.4) is 0 Å². The maximum atomic E-state index is 4.70. The summed E-state index contributed by atoms with van der Waals surface area (Å²) in [5, 5.41) is 3.34. The predicted octanol–water partition coefficient (Wildman–Crippen LogP) is 1.43. The molecule has 0 saturated heterocycles. The number of imidazole rings is 1. The molecule has 1 aliphatic rings. The van der Waals surface area contributed by atoms with E-state index < -0.39 is 0 Å². The molecule has 0 saturated carbocycles. The Hall–Kier alpha value is -1.75. The van der Waals surface area contributed by atoms with Crippen molar-refractivity contribution in [1.82, 2.24) is 24.8 Å². The lowest BCUT2D eigenvalue weighted by atomic mass is 10.1. The summed E-state index contributed by atoms with van der Waals surface area (Å²) in [5.74, 6) is 1.58. The quantitative estimate of drug-likeness (QED) is 0.886. The van der Waals surface area contributed by atoms with Crippen LogP contribution in [0.25, 0.3) is 11.6 Å². The molecule has 2 aromatic rings. The van der Waals surface area contributed by atoms with Crippen molar-refractivity contribution in [3.63, 3.8) is 0 Å². The van der Waals surface area contributed by atoms with E-state index in [9.17, 15) is 0 Å². The second-order valence-corrected chi connectivity index (χ2v) is 4.63. The molecule has 0 spiro atoms. The van der Waals surface area contributed by atoms with Crippen molar-refractivity contribution in [3.8, 4) is 11.6 Å². The van der Waals surface area contributed by atoms with Crippen LogP contribution in [-0.4, -0.2) is 19.5 Å². The van der Waals surface area contributed by atoms with E-state index in [4.69, 9.17) is 4.98 Å². The molecule has 0 fully saturated rings. The maximum Gasteiger partial charge on any atom is 0.196 e. The van der Waals surface area contributed by atoms with Crippen molar-refractivity contribution >= 4 is 0 Å². The molecule has 0 amide bonds. The van der Waals surface area contributed by atoms with E-state index in [1.165, 1.54) is 11.3 Å². The Morgan fingerprint density at radius 2 is 2.22 bits per heavy atom. The highest BCUT2D eigenvalue weighted by molar-refractivity contribution is 5.47. The third kappa shape index (κ3) is 1.80. The third-order valence-electron chi connectivity index (χ3n) is 3.28. The summed E-state index contributed by atoms with van der Waals surface area (Å²) in [7, 11) is 1.97. The predicted molar refractivity (Wildman–Crippen MR) is 68.8 cm³/mol. The van der Waals surface area contributed by atoms with Gasteiger partial charge in [0.1, 0.15) is 0 Å². The highest BCUT2D eigenvalue weighted by Gasteiger charge is 2.20. The molecule has 1 N–H and O–H groups in total. The van der Waals surface area contributed by atoms with Gasteiger partial charge in [-0.05, 0) is 6.42 Å². The minimum absolute atomic E-state index is 0.744. The molecule has 0 radical (unpaired) electrons. The molecule has 5 nitrogen and oxygen atoms in total. The lowest BCUT2D eigenvalue weighted by molar-refractivity contribution is 0.753. The van der Waals surface area contributed by atoms with E-state index in [0.717, 1.165) is 43.3 Å². The van der Waals surface area contributed by atoms with Gasteiger partial charge in [0.15, 0.2) is 11.6 Å². The van der Waals surface area contributed by atoms with Gasteiger partial charge in [0.25, 0.3) is 0 Å². The number of nitrogens with zero attached hydrogens (tertiary/aromatic N) is 4. The van der Waals surface area contributed by atoms with Crippen LogP contribution in [0.5, 0.6) is 0 Å². The Labute approximate surface area is 106 Å². The van der Waals surface area contributed by atoms with Gasteiger partial charge in [-0.25, -0.2) is 15.0 Å². The highest BCUT2D eigenvalue weighted by atomic mass is 15.1. The Kier molecular flexibility index (Phi) is 2.83. The number of aryl methyl sites for hydroxylation is 2. The van der Waals surface area contributed by atoms with Crippen LogP contribution in [0.2, 0.25) is 0 Å². The zero-order valence-electron chi connectivity index (χ0n) is 10.8. The molecule has 0 bridgehead atoms. The number of hydrogen-bond acceptors (Lipinski definition) is 4. The molecule has 0 aromatic carbocycles. The van der Waals surface area contributed by atoms with Gasteiger partial charge in [-0.2, -0.15) is 0 Å². The average Bonchev–Trinajstić information content (AvgIpc) is 2.97. The standard InChI is InChI=1S/C13H17N5/c1-3-4-10-9-7-14-8-11(9)17-12(16-10)13-15-5-6-18(13)2/h5-6,14H,3-4,7-8H2,1-2H3. The Morgan fingerprint density at radius 3 is 2.94 bits per heavy atom. The molecule has 18 heavy (non-hydrogen) atoms. The first kappa shape index (κ1) is 11.3. The van der Waals surface area contributed by atoms with Crippen LogP contribution >= 0.6 is 0 Å². The van der Waals surface area contributed by atoms with Gasteiger partial charge in [0.05, 0.1) is 5.69 Å². The molecule has 3 rings (SSSR count). The van der Waals surface area contributed by atoms with Crippen LogP contribution in [0.1, 0.15) is 30.3 Å². The second kappa shape index (κ2) is 4.49. The SMILES string of the molecule is CCCc1nc(-c2nccn2C)nc2c1CNC2. The fourth-order valence-electron chi connectivity index (χ4n) is 2.36. The largest absolute Gasteiger partial charge is 0.331 e. The van der Waals surface area contributed by atoms with Gasteiger partial charge < -0.3 is 9.88 Å². The van der Waals surface area contributed by atoms with E-state index in [0.29, 0.717) is 0 Å². The van der Waals surface area contributed by atoms with E-state index in [-0.39, 0.29) is 0 Å². The summed E-state index contributed by atoms with van der Waals surface area (Å²) >= 11 is 0. The van der Waals surface area contributed by atoms with Crippen LogP contribution in [0, 0.1) is 0 Å². The number of aromatic nitrogens is 4. The summed E-state index contributed by atoms with van der Waals surface area (Å²) in [6, 6.07) is 0. The van der Waals surface area contributed by atoms with Crippen molar-refractivity contribution in [2.75, 3.05) is 0 Å². The average molecular weight is 243 g/mol. The van der Waals surface area contributed by atoms with E-state index in [1.54, 1.807) is 6.20 Å². The molecule has 0 unspecified atom stereocenters. The molecule has 0 aliphatic carbocycles. The number of fused-ring (bicyclic) bond motifs is 1. The highest BCUT2D eigenvalue weighted by Crippen LogP contribution is 2.22. The van der Waals surface area contributed by atoms with Crippen molar-refractivity contribution in [2.45, 2.75) is 32.9 Å². The topological polar surface area (TPSA) is 55.6 Å². The minimum atomic E-state index is 0.744. The molecular weight excluding hydrogens is 226 g/mol. The van der Waals surface area contributed by atoms with E-state index in [1.807, 2.05) is 17.8 Å². The number of rotatable bonds is 3. The lowest BCUT2D eigenvalue weighted by Crippen LogP contribution is -2.05. The van der Waals surface area contributed by atoms with Gasteiger partial charge in [0, 0.05) is 43.8 Å². The van der Waals surface area contributed by atoms with Crippen molar-refractivity contribution in [1.29, 1.82) is 0 Å². The van der Waals surface area contributed by atoms with Gasteiger partial charge in [-0.3, -0.25) is 0 Å². The molecular formula is C13H17N5. The van der Waals surface area contributed by atoms with Crippen LogP contribution < -0.4 is 5.32 Å². The summed E-state index contributed by atoms with van der Waals surface area (Å²) < 4.78 is 1.96. The molecule has 2 aromatic heterocycles. The Bertz CT molecular complexity index is 573. The molecule has 3 heterocycles. The first-order valence-electron chi connectivity index (χ1n) is 6.36. The smallest absolute Gasteiger partial charge is 0.196 e. The van der Waals surface area contributed by atoms with Crippen molar-refractivity contribution in [3.05, 3.63) is 29.3 Å². The number of nitrogens with one attached hydrogen (secondary N) is 1. The van der Waals surface area contributed by atoms with Crippen LogP contribution in [-0.2, 0) is 26.6 Å². The Morgan fingerprint density at radius 1 is 1.33 bits per heavy atom. The van der Waals surface area contributed by atoms with Gasteiger partial charge >= 0.3 is 0 Å². The van der Waals surface area contributed by atoms with Crippen LogP contribution in [0.15, 0.2) is 12.4 Å². The van der Waals surface area contributed by atoms with Gasteiger partial charge in [-0.1, -0.05) is 13.3 Å². The Balaban J connectivity index is 2.12. The van der Waals surface area contributed by atoms with Crippen molar-refractivity contribution < 1.29 is 0 Å². The fraction of sp³-hybridized carbons (Fsp3) is 0.462. The molecule has 1 aliphatic heterocycles. The van der Waals surface area contributed by atoms with E-state index >= 15 is 0 Å².